The number of carbonyl (C=O) groups is 2. The molecule has 0 heterocycles. The third kappa shape index (κ3) is 3.59. The molecule has 3 rings (SSSR count). The Morgan fingerprint density at radius 2 is 1.57 bits per heavy atom. The highest BCUT2D eigenvalue weighted by Gasteiger charge is 2.62. The van der Waals surface area contributed by atoms with Crippen molar-refractivity contribution in [1.29, 1.82) is 0 Å². The zero-order valence-electron chi connectivity index (χ0n) is 18.3. The summed E-state index contributed by atoms with van der Waals surface area (Å²) in [6.07, 6.45) is 7.10. The van der Waals surface area contributed by atoms with Gasteiger partial charge in [-0.3, -0.25) is 9.59 Å². The van der Waals surface area contributed by atoms with E-state index in [4.69, 9.17) is 9.47 Å². The largest absolute Gasteiger partial charge is 0.466 e. The highest BCUT2D eigenvalue weighted by atomic mass is 16.5. The van der Waals surface area contributed by atoms with E-state index >= 15 is 0 Å². The number of aliphatic hydroxyl groups is 1. The Hall–Kier alpha value is -1.10. The second kappa shape index (κ2) is 7.62. The lowest BCUT2D eigenvalue weighted by molar-refractivity contribution is -0.167. The Labute approximate surface area is 169 Å². The average molecular weight is 395 g/mol. The summed E-state index contributed by atoms with van der Waals surface area (Å²) < 4.78 is 10.8. The fourth-order valence-corrected chi connectivity index (χ4v) is 7.08. The molecule has 0 bridgehead atoms. The van der Waals surface area contributed by atoms with Gasteiger partial charge in [0.2, 0.25) is 0 Å². The van der Waals surface area contributed by atoms with Crippen LogP contribution in [-0.4, -0.2) is 35.9 Å². The molecule has 3 aliphatic rings. The Morgan fingerprint density at radius 3 is 2.21 bits per heavy atom. The van der Waals surface area contributed by atoms with E-state index in [9.17, 15) is 14.7 Å². The van der Waals surface area contributed by atoms with Gasteiger partial charge in [-0.1, -0.05) is 13.8 Å². The first kappa shape index (κ1) is 21.6. The van der Waals surface area contributed by atoms with Crippen molar-refractivity contribution in [3.8, 4) is 0 Å². The summed E-state index contributed by atoms with van der Waals surface area (Å²) in [6, 6.07) is 0. The van der Waals surface area contributed by atoms with Crippen LogP contribution in [0.5, 0.6) is 0 Å². The second-order valence-electron chi connectivity index (χ2n) is 10.3. The third-order valence-electron chi connectivity index (χ3n) is 8.99. The van der Waals surface area contributed by atoms with Crippen LogP contribution >= 0.6 is 0 Å². The molecule has 3 aliphatic carbocycles. The smallest absolute Gasteiger partial charge is 0.302 e. The van der Waals surface area contributed by atoms with Crippen LogP contribution < -0.4 is 0 Å². The van der Waals surface area contributed by atoms with Gasteiger partial charge in [-0.25, -0.2) is 0 Å². The fourth-order valence-electron chi connectivity index (χ4n) is 7.08. The first-order chi connectivity index (χ1) is 13.0. The Kier molecular flexibility index (Phi) is 5.88. The molecule has 3 fully saturated rings. The van der Waals surface area contributed by atoms with Crippen LogP contribution in [0.2, 0.25) is 0 Å². The molecule has 0 saturated heterocycles. The third-order valence-corrected chi connectivity index (χ3v) is 8.99. The van der Waals surface area contributed by atoms with Gasteiger partial charge >= 0.3 is 11.9 Å². The van der Waals surface area contributed by atoms with Gasteiger partial charge in [-0.2, -0.15) is 0 Å². The van der Waals surface area contributed by atoms with Crippen molar-refractivity contribution in [1.82, 2.24) is 0 Å². The molecule has 160 valence electrons. The van der Waals surface area contributed by atoms with E-state index in [1.54, 1.807) is 0 Å². The molecule has 5 heteroatoms. The van der Waals surface area contributed by atoms with Crippen LogP contribution in [0.25, 0.3) is 0 Å². The zero-order chi connectivity index (χ0) is 20.7. The molecule has 0 aliphatic heterocycles. The second-order valence-corrected chi connectivity index (χ2v) is 10.3. The Morgan fingerprint density at radius 1 is 0.929 bits per heavy atom. The average Bonchev–Trinajstić information content (AvgIpc) is 2.85. The van der Waals surface area contributed by atoms with Crippen LogP contribution in [0.3, 0.4) is 0 Å². The number of carbonyl (C=O) groups excluding carboxylic acids is 2. The summed E-state index contributed by atoms with van der Waals surface area (Å²) in [5.41, 5.74) is -0.702. The normalized spacial score (nSPS) is 45.1. The summed E-state index contributed by atoms with van der Waals surface area (Å²) in [7, 11) is 0. The molecule has 0 amide bonds. The SMILES string of the molecule is CC(=O)OCC[C@@H]1CC[C@@H]2[C@H](CC[C@@]3(C)[C@H]2CC[C@]3(C)O)[C@@]1(C)COC(C)=O. The van der Waals surface area contributed by atoms with Crippen LogP contribution in [0.4, 0.5) is 0 Å². The maximum atomic E-state index is 11.6. The highest BCUT2D eigenvalue weighted by Crippen LogP contribution is 2.66. The number of rotatable bonds is 5. The maximum Gasteiger partial charge on any atom is 0.302 e. The molecule has 5 nitrogen and oxygen atoms in total. The fraction of sp³-hybridized carbons (Fsp3) is 0.913. The molecule has 0 aromatic carbocycles. The van der Waals surface area contributed by atoms with E-state index in [0.29, 0.717) is 36.9 Å². The van der Waals surface area contributed by atoms with Crippen molar-refractivity contribution in [2.75, 3.05) is 13.2 Å². The van der Waals surface area contributed by atoms with Crippen molar-refractivity contribution in [2.24, 2.45) is 34.5 Å². The van der Waals surface area contributed by atoms with Crippen LogP contribution in [-0.2, 0) is 19.1 Å². The van der Waals surface area contributed by atoms with E-state index in [-0.39, 0.29) is 22.8 Å². The van der Waals surface area contributed by atoms with Gasteiger partial charge in [-0.15, -0.1) is 0 Å². The standard InChI is InChI=1S/C23H38O5/c1-15(24)27-13-10-17-6-7-18-19(21(17,3)14-28-16(2)25)8-11-22(4)20(18)9-12-23(22,5)26/h17-20,26H,6-14H2,1-5H3/t17-,18+,19-,20-,21-,22-,23-/m0/s1. The predicted octanol–water partition coefficient (Wildman–Crippen LogP) is 4.11. The molecular formula is C23H38O5. The summed E-state index contributed by atoms with van der Waals surface area (Å²) in [5, 5.41) is 11.0. The van der Waals surface area contributed by atoms with Crippen molar-refractivity contribution in [3.63, 3.8) is 0 Å². The number of hydrogen-bond acceptors (Lipinski definition) is 5. The van der Waals surface area contributed by atoms with Gasteiger partial charge in [0, 0.05) is 19.3 Å². The lowest BCUT2D eigenvalue weighted by Gasteiger charge is -2.59. The summed E-state index contributed by atoms with van der Waals surface area (Å²) in [4.78, 5) is 22.8. The van der Waals surface area contributed by atoms with Gasteiger partial charge in [0.25, 0.3) is 0 Å². The summed E-state index contributed by atoms with van der Waals surface area (Å²) in [5.74, 6) is 1.49. The molecule has 3 saturated carbocycles. The van der Waals surface area contributed by atoms with E-state index in [0.717, 1.165) is 44.9 Å². The minimum absolute atomic E-state index is 0.0128. The lowest BCUT2D eigenvalue weighted by Crippen LogP contribution is -2.56. The van der Waals surface area contributed by atoms with E-state index in [1.165, 1.54) is 13.8 Å². The highest BCUT2D eigenvalue weighted by molar-refractivity contribution is 5.66. The van der Waals surface area contributed by atoms with Crippen molar-refractivity contribution < 1.29 is 24.2 Å². The van der Waals surface area contributed by atoms with Crippen molar-refractivity contribution >= 4 is 11.9 Å². The number of esters is 2. The van der Waals surface area contributed by atoms with Gasteiger partial charge in [0.05, 0.1) is 18.8 Å². The summed E-state index contributed by atoms with van der Waals surface area (Å²) in [6.45, 7) is 10.4. The van der Waals surface area contributed by atoms with Crippen LogP contribution in [0.15, 0.2) is 0 Å². The number of ether oxygens (including phenoxy) is 2. The molecule has 28 heavy (non-hydrogen) atoms. The first-order valence-corrected chi connectivity index (χ1v) is 11.0. The molecule has 0 unspecified atom stereocenters. The molecule has 0 aromatic rings. The minimum atomic E-state index is -0.582. The Balaban J connectivity index is 1.82. The van der Waals surface area contributed by atoms with E-state index in [2.05, 4.69) is 13.8 Å². The van der Waals surface area contributed by atoms with Gasteiger partial charge in [0.15, 0.2) is 0 Å². The summed E-state index contributed by atoms with van der Waals surface area (Å²) >= 11 is 0. The predicted molar refractivity (Wildman–Crippen MR) is 106 cm³/mol. The lowest BCUT2D eigenvalue weighted by atomic mass is 9.46. The topological polar surface area (TPSA) is 72.8 Å². The van der Waals surface area contributed by atoms with Crippen molar-refractivity contribution in [2.45, 2.75) is 85.2 Å². The number of fused-ring (bicyclic) bond motifs is 3. The minimum Gasteiger partial charge on any atom is -0.466 e. The van der Waals surface area contributed by atoms with Crippen molar-refractivity contribution in [3.05, 3.63) is 0 Å². The first-order valence-electron chi connectivity index (χ1n) is 11.0. The van der Waals surface area contributed by atoms with Gasteiger partial charge in [0.1, 0.15) is 0 Å². The zero-order valence-corrected chi connectivity index (χ0v) is 18.3. The van der Waals surface area contributed by atoms with E-state index in [1.807, 2.05) is 6.92 Å². The van der Waals surface area contributed by atoms with E-state index < -0.39 is 5.60 Å². The molecule has 0 aromatic heterocycles. The quantitative estimate of drug-likeness (QED) is 0.710. The molecule has 0 spiro atoms. The molecule has 0 radical (unpaired) electrons. The molecule has 1 N–H and O–H groups in total. The van der Waals surface area contributed by atoms with Gasteiger partial charge in [-0.05, 0) is 81.0 Å². The molecule has 7 atom stereocenters. The van der Waals surface area contributed by atoms with Crippen LogP contribution in [0.1, 0.15) is 79.6 Å². The molecular weight excluding hydrogens is 356 g/mol. The number of hydrogen-bond donors (Lipinski definition) is 1. The maximum absolute atomic E-state index is 11.6. The monoisotopic (exact) mass is 394 g/mol. The van der Waals surface area contributed by atoms with Crippen LogP contribution in [0, 0.1) is 34.5 Å². The Bertz CT molecular complexity index is 614. The van der Waals surface area contributed by atoms with Gasteiger partial charge < -0.3 is 14.6 Å².